The zero-order valence-corrected chi connectivity index (χ0v) is 8.81. The van der Waals surface area contributed by atoms with Gasteiger partial charge in [0.1, 0.15) is 0 Å². The maximum Gasteiger partial charge on any atom is 0.309 e. The summed E-state index contributed by atoms with van der Waals surface area (Å²) in [6.45, 7) is 2.04. The molecule has 0 amide bonds. The lowest BCUT2D eigenvalue weighted by molar-refractivity contribution is -0.154. The molecule has 1 aliphatic rings. The van der Waals surface area contributed by atoms with Gasteiger partial charge in [-0.25, -0.2) is 0 Å². The van der Waals surface area contributed by atoms with Crippen LogP contribution in [-0.4, -0.2) is 17.0 Å². The zero-order chi connectivity index (χ0) is 9.90. The second kappa shape index (κ2) is 4.32. The van der Waals surface area contributed by atoms with Gasteiger partial charge < -0.3 is 5.11 Å². The van der Waals surface area contributed by atoms with Gasteiger partial charge in [0.2, 0.25) is 0 Å². The van der Waals surface area contributed by atoms with Crippen molar-refractivity contribution in [1.82, 2.24) is 0 Å². The van der Waals surface area contributed by atoms with Crippen LogP contribution in [0.15, 0.2) is 0 Å². The number of hydrogen-bond donors (Lipinski definition) is 1. The predicted molar refractivity (Wildman–Crippen MR) is 53.0 cm³/mol. The van der Waals surface area contributed by atoms with Crippen molar-refractivity contribution in [1.29, 1.82) is 0 Å². The van der Waals surface area contributed by atoms with E-state index in [-0.39, 0.29) is 5.92 Å². The molecule has 13 heavy (non-hydrogen) atoms. The molecule has 0 aromatic rings. The number of alkyl halides is 1. The SMILES string of the molecule is CC1CCCCC1(CCCl)C(=O)O. The highest BCUT2D eigenvalue weighted by molar-refractivity contribution is 6.18. The smallest absolute Gasteiger partial charge is 0.309 e. The lowest BCUT2D eigenvalue weighted by Gasteiger charge is -2.38. The molecule has 1 rings (SSSR count). The number of hydrogen-bond acceptors (Lipinski definition) is 1. The van der Waals surface area contributed by atoms with Crippen molar-refractivity contribution in [3.8, 4) is 0 Å². The van der Waals surface area contributed by atoms with E-state index in [4.69, 9.17) is 11.6 Å². The molecule has 0 heterocycles. The van der Waals surface area contributed by atoms with Gasteiger partial charge in [-0.3, -0.25) is 4.79 Å². The van der Waals surface area contributed by atoms with E-state index < -0.39 is 11.4 Å². The topological polar surface area (TPSA) is 37.3 Å². The summed E-state index contributed by atoms with van der Waals surface area (Å²) in [5, 5.41) is 9.23. The summed E-state index contributed by atoms with van der Waals surface area (Å²) in [5.41, 5.74) is -0.528. The molecule has 2 atom stereocenters. The minimum absolute atomic E-state index is 0.275. The van der Waals surface area contributed by atoms with Crippen LogP contribution in [-0.2, 0) is 4.79 Å². The monoisotopic (exact) mass is 204 g/mol. The maximum absolute atomic E-state index is 11.2. The fraction of sp³-hybridized carbons (Fsp3) is 0.900. The summed E-state index contributed by atoms with van der Waals surface area (Å²) in [7, 11) is 0. The van der Waals surface area contributed by atoms with E-state index in [1.165, 1.54) is 6.42 Å². The first-order chi connectivity index (χ1) is 6.13. The Balaban J connectivity index is 2.79. The summed E-state index contributed by atoms with van der Waals surface area (Å²) in [6, 6.07) is 0. The Morgan fingerprint density at radius 3 is 2.77 bits per heavy atom. The summed E-state index contributed by atoms with van der Waals surface area (Å²) in [5.74, 6) is 0.0780. The van der Waals surface area contributed by atoms with E-state index in [9.17, 15) is 9.90 Å². The quantitative estimate of drug-likeness (QED) is 0.718. The highest BCUT2D eigenvalue weighted by Gasteiger charge is 2.44. The van der Waals surface area contributed by atoms with Crippen LogP contribution in [0, 0.1) is 11.3 Å². The molecule has 76 valence electrons. The van der Waals surface area contributed by atoms with E-state index >= 15 is 0 Å². The number of carbonyl (C=O) groups is 1. The van der Waals surface area contributed by atoms with Crippen molar-refractivity contribution >= 4 is 17.6 Å². The van der Waals surface area contributed by atoms with Gasteiger partial charge in [-0.1, -0.05) is 19.8 Å². The van der Waals surface area contributed by atoms with Gasteiger partial charge >= 0.3 is 5.97 Å². The fourth-order valence-corrected chi connectivity index (χ4v) is 2.72. The molecule has 1 saturated carbocycles. The molecule has 0 saturated heterocycles. The Morgan fingerprint density at radius 2 is 2.31 bits per heavy atom. The van der Waals surface area contributed by atoms with Gasteiger partial charge in [0.05, 0.1) is 5.41 Å². The third-order valence-electron chi connectivity index (χ3n) is 3.42. The summed E-state index contributed by atoms with van der Waals surface area (Å²) in [6.07, 6.45) is 4.65. The maximum atomic E-state index is 11.2. The number of carboxylic acids is 1. The predicted octanol–water partition coefficient (Wildman–Crippen LogP) is 2.90. The molecule has 1 N–H and O–H groups in total. The Kier molecular flexibility index (Phi) is 3.60. The second-order valence-electron chi connectivity index (χ2n) is 4.05. The summed E-state index contributed by atoms with van der Waals surface area (Å²) < 4.78 is 0. The van der Waals surface area contributed by atoms with Gasteiger partial charge in [-0.15, -0.1) is 11.6 Å². The molecular formula is C10H17ClO2. The van der Waals surface area contributed by atoms with Gasteiger partial charge in [0.25, 0.3) is 0 Å². The molecule has 0 aromatic heterocycles. The average molecular weight is 205 g/mol. The summed E-state index contributed by atoms with van der Waals surface area (Å²) >= 11 is 5.67. The third-order valence-corrected chi connectivity index (χ3v) is 3.61. The third kappa shape index (κ3) is 1.98. The Labute approximate surface area is 84.3 Å². The molecule has 0 bridgehead atoms. The normalized spacial score (nSPS) is 34.5. The largest absolute Gasteiger partial charge is 0.481 e. The van der Waals surface area contributed by atoms with E-state index in [2.05, 4.69) is 0 Å². The first kappa shape index (κ1) is 10.8. The molecule has 1 aliphatic carbocycles. The zero-order valence-electron chi connectivity index (χ0n) is 8.05. The van der Waals surface area contributed by atoms with E-state index in [1.807, 2.05) is 6.92 Å². The van der Waals surface area contributed by atoms with Crippen molar-refractivity contribution < 1.29 is 9.90 Å². The van der Waals surface area contributed by atoms with Crippen molar-refractivity contribution in [2.75, 3.05) is 5.88 Å². The number of carboxylic acid groups (broad SMARTS) is 1. The van der Waals surface area contributed by atoms with Gasteiger partial charge in [0, 0.05) is 5.88 Å². The molecule has 2 unspecified atom stereocenters. The number of halogens is 1. The second-order valence-corrected chi connectivity index (χ2v) is 4.43. The minimum atomic E-state index is -0.652. The Hall–Kier alpha value is -0.240. The van der Waals surface area contributed by atoms with Gasteiger partial charge in [0.15, 0.2) is 0 Å². The van der Waals surface area contributed by atoms with Gasteiger partial charge in [-0.05, 0) is 25.2 Å². The average Bonchev–Trinajstić information content (AvgIpc) is 2.09. The molecule has 0 aromatic carbocycles. The first-order valence-electron chi connectivity index (χ1n) is 4.93. The lowest BCUT2D eigenvalue weighted by Crippen LogP contribution is -2.40. The Bertz CT molecular complexity index is 189. The van der Waals surface area contributed by atoms with Crippen LogP contribution in [0.5, 0.6) is 0 Å². The van der Waals surface area contributed by atoms with Crippen LogP contribution in [0.2, 0.25) is 0 Å². The van der Waals surface area contributed by atoms with Crippen molar-refractivity contribution in [3.05, 3.63) is 0 Å². The number of rotatable bonds is 3. The van der Waals surface area contributed by atoms with Crippen LogP contribution in [0.4, 0.5) is 0 Å². The molecule has 3 heteroatoms. The van der Waals surface area contributed by atoms with Crippen LogP contribution >= 0.6 is 11.6 Å². The molecule has 0 spiro atoms. The Morgan fingerprint density at radius 1 is 1.62 bits per heavy atom. The van der Waals surface area contributed by atoms with Crippen molar-refractivity contribution in [2.24, 2.45) is 11.3 Å². The molecule has 2 nitrogen and oxygen atoms in total. The highest BCUT2D eigenvalue weighted by atomic mass is 35.5. The molecular weight excluding hydrogens is 188 g/mol. The van der Waals surface area contributed by atoms with Crippen LogP contribution in [0.25, 0.3) is 0 Å². The standard InChI is InChI=1S/C10H17ClO2/c1-8-4-2-3-5-10(8,6-7-11)9(12)13/h8H,2-7H2,1H3,(H,12,13). The van der Waals surface area contributed by atoms with Crippen LogP contribution in [0.1, 0.15) is 39.0 Å². The minimum Gasteiger partial charge on any atom is -0.481 e. The van der Waals surface area contributed by atoms with Crippen molar-refractivity contribution in [2.45, 2.75) is 39.0 Å². The van der Waals surface area contributed by atoms with E-state index in [0.717, 1.165) is 19.3 Å². The first-order valence-corrected chi connectivity index (χ1v) is 5.46. The highest BCUT2D eigenvalue weighted by Crippen LogP contribution is 2.44. The van der Waals surface area contributed by atoms with E-state index in [1.54, 1.807) is 0 Å². The number of aliphatic carboxylic acids is 1. The summed E-state index contributed by atoms with van der Waals surface area (Å²) in [4.78, 5) is 11.2. The fourth-order valence-electron chi connectivity index (χ4n) is 2.38. The molecule has 0 radical (unpaired) electrons. The lowest BCUT2D eigenvalue weighted by atomic mass is 9.65. The van der Waals surface area contributed by atoms with Crippen LogP contribution in [0.3, 0.4) is 0 Å². The van der Waals surface area contributed by atoms with Crippen molar-refractivity contribution in [3.63, 3.8) is 0 Å². The molecule has 1 fully saturated rings. The van der Waals surface area contributed by atoms with Gasteiger partial charge in [-0.2, -0.15) is 0 Å². The van der Waals surface area contributed by atoms with E-state index in [0.29, 0.717) is 12.3 Å². The van der Waals surface area contributed by atoms with Crippen LogP contribution < -0.4 is 0 Å². The molecule has 0 aliphatic heterocycles.